The third-order valence-electron chi connectivity index (χ3n) is 2.43. The van der Waals surface area contributed by atoms with Gasteiger partial charge in [0, 0.05) is 18.0 Å². The Balaban J connectivity index is 2.10. The maximum atomic E-state index is 12.0. The summed E-state index contributed by atoms with van der Waals surface area (Å²) in [4.78, 5) is 20.2. The first-order valence-electron chi connectivity index (χ1n) is 5.57. The minimum absolute atomic E-state index is 0.217. The molecule has 0 radical (unpaired) electrons. The van der Waals surface area contributed by atoms with E-state index in [0.717, 1.165) is 10.6 Å². The molecule has 0 aliphatic carbocycles. The molecule has 1 amide bonds. The predicted octanol–water partition coefficient (Wildman–Crippen LogP) is 1.60. The average molecular weight is 262 g/mol. The van der Waals surface area contributed by atoms with Gasteiger partial charge < -0.3 is 11.1 Å². The van der Waals surface area contributed by atoms with E-state index in [4.69, 9.17) is 5.73 Å². The summed E-state index contributed by atoms with van der Waals surface area (Å²) >= 11 is 1.45. The van der Waals surface area contributed by atoms with Crippen molar-refractivity contribution in [1.29, 1.82) is 0 Å². The molecule has 0 fully saturated rings. The number of hydrogen-bond donors (Lipinski definition) is 2. The topological polar surface area (TPSA) is 80.9 Å². The Bertz CT molecular complexity index is 553. The van der Waals surface area contributed by atoms with Gasteiger partial charge >= 0.3 is 0 Å². The Morgan fingerprint density at radius 1 is 1.56 bits per heavy atom. The van der Waals surface area contributed by atoms with Gasteiger partial charge in [0.1, 0.15) is 5.69 Å². The summed E-state index contributed by atoms with van der Waals surface area (Å²) in [5, 5.41) is 5.42. The van der Waals surface area contributed by atoms with E-state index in [-0.39, 0.29) is 5.91 Å². The van der Waals surface area contributed by atoms with Crippen molar-refractivity contribution >= 4 is 22.9 Å². The number of amides is 1. The van der Waals surface area contributed by atoms with Crippen LogP contribution < -0.4 is 11.1 Å². The molecule has 0 saturated heterocycles. The molecular weight excluding hydrogens is 248 g/mol. The highest BCUT2D eigenvalue weighted by Crippen LogP contribution is 2.15. The number of rotatable bonds is 4. The zero-order valence-corrected chi connectivity index (χ0v) is 10.8. The number of nitrogens with zero attached hydrogens (tertiary/aromatic N) is 2. The van der Waals surface area contributed by atoms with Crippen molar-refractivity contribution in [3.63, 3.8) is 0 Å². The monoisotopic (exact) mass is 262 g/mol. The Morgan fingerprint density at radius 3 is 3.11 bits per heavy atom. The van der Waals surface area contributed by atoms with Crippen LogP contribution in [0.25, 0.3) is 0 Å². The SMILES string of the molecule is Cc1ccncc1NC(=O)c1csc(CCN)n1. The summed E-state index contributed by atoms with van der Waals surface area (Å²) in [5.41, 5.74) is 7.54. The van der Waals surface area contributed by atoms with E-state index in [0.29, 0.717) is 24.3 Å². The Morgan fingerprint density at radius 2 is 2.39 bits per heavy atom. The number of aromatic nitrogens is 2. The summed E-state index contributed by atoms with van der Waals surface area (Å²) in [6.45, 7) is 2.45. The van der Waals surface area contributed by atoms with Gasteiger partial charge in [-0.3, -0.25) is 9.78 Å². The van der Waals surface area contributed by atoms with Crippen LogP contribution in [0, 0.1) is 6.92 Å². The third-order valence-corrected chi connectivity index (χ3v) is 3.34. The van der Waals surface area contributed by atoms with Gasteiger partial charge in [-0.25, -0.2) is 4.98 Å². The molecule has 2 aromatic heterocycles. The van der Waals surface area contributed by atoms with Crippen molar-refractivity contribution < 1.29 is 4.79 Å². The lowest BCUT2D eigenvalue weighted by molar-refractivity contribution is 0.102. The van der Waals surface area contributed by atoms with Gasteiger partial charge in [-0.2, -0.15) is 0 Å². The molecule has 18 heavy (non-hydrogen) atoms. The van der Waals surface area contributed by atoms with E-state index in [9.17, 15) is 4.79 Å². The highest BCUT2D eigenvalue weighted by atomic mass is 32.1. The van der Waals surface area contributed by atoms with Crippen LogP contribution in [0.3, 0.4) is 0 Å². The lowest BCUT2D eigenvalue weighted by atomic mass is 10.2. The smallest absolute Gasteiger partial charge is 0.275 e. The van der Waals surface area contributed by atoms with Crippen molar-refractivity contribution in [2.24, 2.45) is 5.73 Å². The predicted molar refractivity (Wildman–Crippen MR) is 71.8 cm³/mol. The van der Waals surface area contributed by atoms with E-state index in [1.807, 2.05) is 13.0 Å². The van der Waals surface area contributed by atoms with E-state index >= 15 is 0 Å². The number of anilines is 1. The molecule has 0 aromatic carbocycles. The third kappa shape index (κ3) is 2.91. The van der Waals surface area contributed by atoms with Crippen LogP contribution in [0.2, 0.25) is 0 Å². The molecule has 2 rings (SSSR count). The number of aryl methyl sites for hydroxylation is 1. The highest BCUT2D eigenvalue weighted by Gasteiger charge is 2.11. The largest absolute Gasteiger partial charge is 0.330 e. The molecule has 0 aliphatic rings. The van der Waals surface area contributed by atoms with Crippen LogP contribution >= 0.6 is 11.3 Å². The fourth-order valence-corrected chi connectivity index (χ4v) is 2.23. The van der Waals surface area contributed by atoms with E-state index < -0.39 is 0 Å². The maximum absolute atomic E-state index is 12.0. The molecule has 6 heteroatoms. The van der Waals surface area contributed by atoms with Gasteiger partial charge in [-0.15, -0.1) is 11.3 Å². The molecule has 2 aromatic rings. The standard InChI is InChI=1S/C12H14N4OS/c1-8-3-5-14-6-9(8)16-12(17)10-7-18-11(15-10)2-4-13/h3,5-7H,2,4,13H2,1H3,(H,16,17). The molecule has 94 valence electrons. The van der Waals surface area contributed by atoms with Gasteiger partial charge in [-0.05, 0) is 25.1 Å². The molecule has 0 spiro atoms. The molecule has 0 atom stereocenters. The second-order valence-electron chi connectivity index (χ2n) is 3.81. The van der Waals surface area contributed by atoms with Crippen LogP contribution in [0.1, 0.15) is 21.1 Å². The molecule has 0 unspecified atom stereocenters. The molecule has 0 saturated carbocycles. The summed E-state index contributed by atoms with van der Waals surface area (Å²) in [5.74, 6) is -0.217. The Kier molecular flexibility index (Phi) is 4.01. The molecular formula is C12H14N4OS. The van der Waals surface area contributed by atoms with Crippen LogP contribution in [-0.4, -0.2) is 22.4 Å². The summed E-state index contributed by atoms with van der Waals surface area (Å²) in [6.07, 6.45) is 4.01. The second kappa shape index (κ2) is 5.70. The van der Waals surface area contributed by atoms with E-state index in [1.165, 1.54) is 11.3 Å². The maximum Gasteiger partial charge on any atom is 0.275 e. The summed E-state index contributed by atoms with van der Waals surface area (Å²) < 4.78 is 0. The van der Waals surface area contributed by atoms with Gasteiger partial charge in [-0.1, -0.05) is 0 Å². The van der Waals surface area contributed by atoms with E-state index in [2.05, 4.69) is 15.3 Å². The van der Waals surface area contributed by atoms with Crippen LogP contribution in [0.15, 0.2) is 23.8 Å². The van der Waals surface area contributed by atoms with Crippen LogP contribution in [-0.2, 0) is 6.42 Å². The van der Waals surface area contributed by atoms with Crippen LogP contribution in [0.5, 0.6) is 0 Å². The van der Waals surface area contributed by atoms with Crippen molar-refractivity contribution in [3.8, 4) is 0 Å². The van der Waals surface area contributed by atoms with Crippen molar-refractivity contribution in [1.82, 2.24) is 9.97 Å². The van der Waals surface area contributed by atoms with Gasteiger partial charge in [0.25, 0.3) is 5.91 Å². The number of nitrogens with two attached hydrogens (primary N) is 1. The number of thiazole rings is 1. The van der Waals surface area contributed by atoms with Crippen molar-refractivity contribution in [3.05, 3.63) is 40.1 Å². The fourth-order valence-electron chi connectivity index (χ4n) is 1.43. The lowest BCUT2D eigenvalue weighted by Crippen LogP contribution is -2.13. The van der Waals surface area contributed by atoms with Gasteiger partial charge in [0.2, 0.25) is 0 Å². The molecule has 3 N–H and O–H groups in total. The first kappa shape index (κ1) is 12.7. The van der Waals surface area contributed by atoms with E-state index in [1.54, 1.807) is 17.8 Å². The van der Waals surface area contributed by atoms with Crippen molar-refractivity contribution in [2.75, 3.05) is 11.9 Å². The Hall–Kier alpha value is -1.79. The number of hydrogen-bond acceptors (Lipinski definition) is 5. The highest BCUT2D eigenvalue weighted by molar-refractivity contribution is 7.09. The van der Waals surface area contributed by atoms with Gasteiger partial charge in [0.05, 0.1) is 16.9 Å². The minimum atomic E-state index is -0.217. The van der Waals surface area contributed by atoms with Gasteiger partial charge in [0.15, 0.2) is 0 Å². The van der Waals surface area contributed by atoms with Crippen molar-refractivity contribution in [2.45, 2.75) is 13.3 Å². The zero-order chi connectivity index (χ0) is 13.0. The Labute approximate surface area is 109 Å². The summed E-state index contributed by atoms with van der Waals surface area (Å²) in [6, 6.07) is 1.84. The number of pyridine rings is 1. The quantitative estimate of drug-likeness (QED) is 0.877. The number of carbonyl (C=O) groups excluding carboxylic acids is 1. The average Bonchev–Trinajstić information content (AvgIpc) is 2.81. The first-order chi connectivity index (χ1) is 8.70. The number of nitrogens with one attached hydrogen (secondary N) is 1. The molecule has 0 bridgehead atoms. The first-order valence-corrected chi connectivity index (χ1v) is 6.45. The lowest BCUT2D eigenvalue weighted by Gasteiger charge is -2.05. The second-order valence-corrected chi connectivity index (χ2v) is 4.75. The fraction of sp³-hybridized carbons (Fsp3) is 0.250. The summed E-state index contributed by atoms with van der Waals surface area (Å²) in [7, 11) is 0. The zero-order valence-electron chi connectivity index (χ0n) is 10.0. The van der Waals surface area contributed by atoms with Crippen LogP contribution in [0.4, 0.5) is 5.69 Å². The minimum Gasteiger partial charge on any atom is -0.330 e. The number of carbonyl (C=O) groups is 1. The molecule has 0 aliphatic heterocycles. The molecule has 5 nitrogen and oxygen atoms in total. The molecule has 2 heterocycles. The normalized spacial score (nSPS) is 10.3.